The molecule has 0 spiro atoms. The van der Waals surface area contributed by atoms with E-state index in [4.69, 9.17) is 4.74 Å². The van der Waals surface area contributed by atoms with Crippen molar-refractivity contribution in [2.45, 2.75) is 72.4 Å². The highest BCUT2D eigenvalue weighted by Gasteiger charge is 2.23. The molecule has 0 radical (unpaired) electrons. The van der Waals surface area contributed by atoms with Crippen molar-refractivity contribution >= 4 is 5.91 Å². The number of hydrogen-bond donors (Lipinski definition) is 1. The zero-order chi connectivity index (χ0) is 16.2. The quantitative estimate of drug-likeness (QED) is 0.853. The molecule has 0 saturated carbocycles. The van der Waals surface area contributed by atoms with E-state index in [1.807, 2.05) is 26.8 Å². The van der Waals surface area contributed by atoms with E-state index in [1.165, 1.54) is 0 Å². The molecule has 1 atom stereocenters. The first-order chi connectivity index (χ1) is 9.66. The second-order valence-electron chi connectivity index (χ2n) is 6.68. The van der Waals surface area contributed by atoms with E-state index in [1.54, 1.807) is 6.92 Å². The minimum atomic E-state index is -0.505. The van der Waals surface area contributed by atoms with Crippen LogP contribution in [0.1, 0.15) is 65.0 Å². The molecule has 0 fully saturated rings. The number of amides is 1. The SMILES string of the molecule is CCC(C)(C)NC(=O)C(C)Oc1cc(C)ccc1C(C)C. The Hall–Kier alpha value is -1.51. The molecule has 21 heavy (non-hydrogen) atoms. The molecule has 1 aromatic rings. The van der Waals surface area contributed by atoms with E-state index < -0.39 is 6.10 Å². The van der Waals surface area contributed by atoms with Crippen LogP contribution in [0.4, 0.5) is 0 Å². The summed E-state index contributed by atoms with van der Waals surface area (Å²) in [6.45, 7) is 14.2. The van der Waals surface area contributed by atoms with Gasteiger partial charge in [-0.25, -0.2) is 0 Å². The van der Waals surface area contributed by atoms with Crippen LogP contribution in [0.2, 0.25) is 0 Å². The summed E-state index contributed by atoms with van der Waals surface area (Å²) in [4.78, 5) is 12.3. The van der Waals surface area contributed by atoms with Gasteiger partial charge in [0.25, 0.3) is 5.91 Å². The van der Waals surface area contributed by atoms with Gasteiger partial charge in [0.2, 0.25) is 0 Å². The highest BCUT2D eigenvalue weighted by molar-refractivity contribution is 5.81. The molecule has 1 aromatic carbocycles. The lowest BCUT2D eigenvalue weighted by Gasteiger charge is -2.27. The molecule has 0 aliphatic rings. The monoisotopic (exact) mass is 291 g/mol. The summed E-state index contributed by atoms with van der Waals surface area (Å²) < 4.78 is 5.93. The maximum Gasteiger partial charge on any atom is 0.261 e. The molecule has 0 bridgehead atoms. The zero-order valence-electron chi connectivity index (χ0n) is 14.4. The fourth-order valence-electron chi connectivity index (χ4n) is 1.99. The minimum Gasteiger partial charge on any atom is -0.481 e. The summed E-state index contributed by atoms with van der Waals surface area (Å²) in [7, 11) is 0. The van der Waals surface area contributed by atoms with Crippen molar-refractivity contribution in [1.82, 2.24) is 5.32 Å². The lowest BCUT2D eigenvalue weighted by molar-refractivity contribution is -0.129. The van der Waals surface area contributed by atoms with Crippen LogP contribution in [0.3, 0.4) is 0 Å². The number of carbonyl (C=O) groups is 1. The van der Waals surface area contributed by atoms with Gasteiger partial charge in [-0.3, -0.25) is 4.79 Å². The molecule has 118 valence electrons. The van der Waals surface area contributed by atoms with Gasteiger partial charge in [-0.2, -0.15) is 0 Å². The summed E-state index contributed by atoms with van der Waals surface area (Å²) in [5.41, 5.74) is 2.06. The molecule has 1 N–H and O–H groups in total. The molecule has 3 nitrogen and oxygen atoms in total. The van der Waals surface area contributed by atoms with E-state index in [-0.39, 0.29) is 11.4 Å². The molecule has 1 rings (SSSR count). The average Bonchev–Trinajstić information content (AvgIpc) is 2.37. The Balaban J connectivity index is 2.85. The van der Waals surface area contributed by atoms with Gasteiger partial charge in [0.1, 0.15) is 5.75 Å². The second kappa shape index (κ2) is 6.97. The maximum absolute atomic E-state index is 12.3. The van der Waals surface area contributed by atoms with Crippen LogP contribution in [0.15, 0.2) is 18.2 Å². The summed E-state index contributed by atoms with van der Waals surface area (Å²) in [5, 5.41) is 3.03. The fourth-order valence-corrected chi connectivity index (χ4v) is 1.99. The van der Waals surface area contributed by atoms with Gasteiger partial charge in [-0.1, -0.05) is 32.9 Å². The topological polar surface area (TPSA) is 38.3 Å². The van der Waals surface area contributed by atoms with Crippen molar-refractivity contribution in [2.24, 2.45) is 0 Å². The number of benzene rings is 1. The first kappa shape index (κ1) is 17.5. The van der Waals surface area contributed by atoms with E-state index in [9.17, 15) is 4.79 Å². The van der Waals surface area contributed by atoms with Crippen molar-refractivity contribution < 1.29 is 9.53 Å². The molecule has 1 unspecified atom stereocenters. The lowest BCUT2D eigenvalue weighted by atomic mass is 10.0. The van der Waals surface area contributed by atoms with Crippen LogP contribution in [-0.4, -0.2) is 17.6 Å². The van der Waals surface area contributed by atoms with Gasteiger partial charge < -0.3 is 10.1 Å². The lowest BCUT2D eigenvalue weighted by Crippen LogP contribution is -2.48. The molecular formula is C18H29NO2. The minimum absolute atomic E-state index is 0.0712. The first-order valence-electron chi connectivity index (χ1n) is 7.75. The smallest absolute Gasteiger partial charge is 0.261 e. The molecule has 0 saturated heterocycles. The predicted molar refractivity (Wildman–Crippen MR) is 87.9 cm³/mol. The van der Waals surface area contributed by atoms with Crippen LogP contribution >= 0.6 is 0 Å². The maximum atomic E-state index is 12.3. The summed E-state index contributed by atoms with van der Waals surface area (Å²) >= 11 is 0. The summed E-state index contributed by atoms with van der Waals surface area (Å²) in [6, 6.07) is 6.16. The van der Waals surface area contributed by atoms with E-state index in [0.29, 0.717) is 5.92 Å². The van der Waals surface area contributed by atoms with Gasteiger partial charge in [0, 0.05) is 5.54 Å². The number of aryl methyl sites for hydroxylation is 1. The Kier molecular flexibility index (Phi) is 5.82. The van der Waals surface area contributed by atoms with Crippen LogP contribution in [0.5, 0.6) is 5.75 Å². The highest BCUT2D eigenvalue weighted by Crippen LogP contribution is 2.28. The van der Waals surface area contributed by atoms with Crippen molar-refractivity contribution in [3.63, 3.8) is 0 Å². The van der Waals surface area contributed by atoms with E-state index in [0.717, 1.165) is 23.3 Å². The van der Waals surface area contributed by atoms with Gasteiger partial charge >= 0.3 is 0 Å². The largest absolute Gasteiger partial charge is 0.481 e. The number of hydrogen-bond acceptors (Lipinski definition) is 2. The second-order valence-corrected chi connectivity index (χ2v) is 6.68. The van der Waals surface area contributed by atoms with Crippen molar-refractivity contribution in [2.75, 3.05) is 0 Å². The Morgan fingerprint density at radius 2 is 1.90 bits per heavy atom. The molecule has 0 aliphatic carbocycles. The molecule has 1 amide bonds. The number of ether oxygens (including phenoxy) is 1. The number of rotatable bonds is 6. The molecular weight excluding hydrogens is 262 g/mol. The highest BCUT2D eigenvalue weighted by atomic mass is 16.5. The van der Waals surface area contributed by atoms with Crippen molar-refractivity contribution in [3.05, 3.63) is 29.3 Å². The van der Waals surface area contributed by atoms with Crippen molar-refractivity contribution in [3.8, 4) is 5.75 Å². The third kappa shape index (κ3) is 5.07. The molecule has 0 aliphatic heterocycles. The summed E-state index contributed by atoms with van der Waals surface area (Å²) in [5.74, 6) is 1.10. The Morgan fingerprint density at radius 3 is 2.43 bits per heavy atom. The Bertz CT molecular complexity index is 492. The fraction of sp³-hybridized carbons (Fsp3) is 0.611. The number of carbonyl (C=O) groups excluding carboxylic acids is 1. The zero-order valence-corrected chi connectivity index (χ0v) is 14.4. The normalized spacial score (nSPS) is 13.1. The van der Waals surface area contributed by atoms with Crippen molar-refractivity contribution in [1.29, 1.82) is 0 Å². The predicted octanol–water partition coefficient (Wildman–Crippen LogP) is 4.19. The Morgan fingerprint density at radius 1 is 1.29 bits per heavy atom. The van der Waals surface area contributed by atoms with Gasteiger partial charge in [-0.05, 0) is 57.2 Å². The molecule has 3 heteroatoms. The van der Waals surface area contributed by atoms with Crippen LogP contribution in [0, 0.1) is 6.92 Å². The van der Waals surface area contributed by atoms with Crippen LogP contribution in [0.25, 0.3) is 0 Å². The number of nitrogens with one attached hydrogen (secondary N) is 1. The standard InChI is InChI=1S/C18H29NO2/c1-8-18(6,7)19-17(20)14(5)21-16-11-13(4)9-10-15(16)12(2)3/h9-12,14H,8H2,1-7H3,(H,19,20). The van der Waals surface area contributed by atoms with E-state index >= 15 is 0 Å². The first-order valence-corrected chi connectivity index (χ1v) is 7.75. The molecule has 0 aromatic heterocycles. The van der Waals surface area contributed by atoms with Gasteiger partial charge in [-0.15, -0.1) is 0 Å². The van der Waals surface area contributed by atoms with E-state index in [2.05, 4.69) is 38.2 Å². The third-order valence-electron chi connectivity index (χ3n) is 3.81. The third-order valence-corrected chi connectivity index (χ3v) is 3.81. The van der Waals surface area contributed by atoms with Gasteiger partial charge in [0.05, 0.1) is 0 Å². The van der Waals surface area contributed by atoms with Crippen LogP contribution in [-0.2, 0) is 4.79 Å². The van der Waals surface area contributed by atoms with Crippen LogP contribution < -0.4 is 10.1 Å². The van der Waals surface area contributed by atoms with Gasteiger partial charge in [0.15, 0.2) is 6.10 Å². The Labute approximate surface area is 129 Å². The summed E-state index contributed by atoms with van der Waals surface area (Å²) in [6.07, 6.45) is 0.378. The molecule has 0 heterocycles. The average molecular weight is 291 g/mol.